The van der Waals surface area contributed by atoms with Crippen LogP contribution in [0.25, 0.3) is 11.5 Å². The summed E-state index contributed by atoms with van der Waals surface area (Å²) in [4.78, 5) is 14.4. The van der Waals surface area contributed by atoms with Crippen molar-refractivity contribution in [3.05, 3.63) is 66.1 Å². The zero-order chi connectivity index (χ0) is 19.0. The zero-order valence-electron chi connectivity index (χ0n) is 14.7. The molecule has 2 heterocycles. The highest BCUT2D eigenvalue weighted by molar-refractivity contribution is 6.06. The molecule has 1 aliphatic heterocycles. The number of aromatic nitrogens is 2. The van der Waals surface area contributed by atoms with E-state index >= 15 is 0 Å². The number of hydrogen-bond donors (Lipinski definition) is 2. The van der Waals surface area contributed by atoms with Gasteiger partial charge in [0.1, 0.15) is 6.54 Å². The van der Waals surface area contributed by atoms with Gasteiger partial charge in [0, 0.05) is 17.5 Å². The minimum absolute atomic E-state index is 0.0395. The molecule has 0 aliphatic carbocycles. The summed E-state index contributed by atoms with van der Waals surface area (Å²) < 4.78 is 5.70. The molecule has 0 radical (unpaired) electrons. The zero-order valence-corrected chi connectivity index (χ0v) is 14.7. The van der Waals surface area contributed by atoms with E-state index in [0.717, 1.165) is 5.56 Å². The first-order valence-electron chi connectivity index (χ1n) is 8.69. The van der Waals surface area contributed by atoms with E-state index < -0.39 is 17.6 Å². The van der Waals surface area contributed by atoms with E-state index in [-0.39, 0.29) is 18.9 Å². The van der Waals surface area contributed by atoms with Crippen LogP contribution in [0.15, 0.2) is 59.0 Å². The predicted molar refractivity (Wildman–Crippen MR) is 97.6 cm³/mol. The maximum atomic E-state index is 13.0. The fourth-order valence-electron chi connectivity index (χ4n) is 3.44. The van der Waals surface area contributed by atoms with E-state index in [0.29, 0.717) is 17.1 Å². The smallest absolute Gasteiger partial charge is 0.264 e. The molecule has 3 aromatic rings. The van der Waals surface area contributed by atoms with Gasteiger partial charge in [0.25, 0.3) is 5.91 Å². The molecule has 0 bridgehead atoms. The fourth-order valence-corrected chi connectivity index (χ4v) is 3.44. The lowest BCUT2D eigenvalue weighted by Gasteiger charge is -2.23. The topological polar surface area (TPSA) is 99.7 Å². The van der Waals surface area contributed by atoms with E-state index in [2.05, 4.69) is 10.2 Å². The number of hydrogen-bond acceptors (Lipinski definition) is 6. The number of aliphatic hydroxyl groups excluding tert-OH is 1. The molecule has 4 rings (SSSR count). The van der Waals surface area contributed by atoms with E-state index in [1.54, 1.807) is 31.2 Å². The highest BCUT2D eigenvalue weighted by Crippen LogP contribution is 2.43. The molecule has 0 saturated carbocycles. The Balaban J connectivity index is 1.65. The molecule has 138 valence electrons. The summed E-state index contributed by atoms with van der Waals surface area (Å²) in [6.07, 6.45) is -0.918. The van der Waals surface area contributed by atoms with Crippen LogP contribution in [0.3, 0.4) is 0 Å². The van der Waals surface area contributed by atoms with Crippen molar-refractivity contribution in [1.29, 1.82) is 0 Å². The third-order valence-electron chi connectivity index (χ3n) is 4.61. The van der Waals surface area contributed by atoms with Crippen LogP contribution < -0.4 is 4.90 Å². The maximum absolute atomic E-state index is 13.0. The van der Waals surface area contributed by atoms with Gasteiger partial charge in [-0.15, -0.1) is 10.2 Å². The SMILES string of the molecule is C[C@@H](O)C[C@@]1(O)C(=O)N(Cc2nnc(-c3ccccc3)o2)c2ccccc21. The Morgan fingerprint density at radius 1 is 1.11 bits per heavy atom. The van der Waals surface area contributed by atoms with Crippen LogP contribution in [-0.4, -0.2) is 32.4 Å². The number of carbonyl (C=O) groups excluding carboxylic acids is 1. The Morgan fingerprint density at radius 3 is 2.56 bits per heavy atom. The number of benzene rings is 2. The molecule has 7 heteroatoms. The lowest BCUT2D eigenvalue weighted by molar-refractivity contribution is -0.139. The van der Waals surface area contributed by atoms with Gasteiger partial charge in [0.15, 0.2) is 5.60 Å². The maximum Gasteiger partial charge on any atom is 0.264 e. The van der Waals surface area contributed by atoms with Crippen LogP contribution in [-0.2, 0) is 16.9 Å². The van der Waals surface area contributed by atoms with Crippen molar-refractivity contribution >= 4 is 11.6 Å². The van der Waals surface area contributed by atoms with Gasteiger partial charge in [-0.3, -0.25) is 9.69 Å². The summed E-state index contributed by atoms with van der Waals surface area (Å²) >= 11 is 0. The number of nitrogens with zero attached hydrogens (tertiary/aromatic N) is 3. The molecule has 1 amide bonds. The van der Waals surface area contributed by atoms with Crippen LogP contribution >= 0.6 is 0 Å². The van der Waals surface area contributed by atoms with Gasteiger partial charge in [-0.1, -0.05) is 36.4 Å². The predicted octanol–water partition coefficient (Wildman–Crippen LogP) is 2.24. The van der Waals surface area contributed by atoms with Crippen molar-refractivity contribution in [3.63, 3.8) is 0 Å². The van der Waals surface area contributed by atoms with E-state index in [9.17, 15) is 15.0 Å². The number of fused-ring (bicyclic) bond motifs is 1. The first kappa shape index (κ1) is 17.4. The third-order valence-corrected chi connectivity index (χ3v) is 4.61. The molecular formula is C20H19N3O4. The molecule has 2 atom stereocenters. The normalized spacial score (nSPS) is 20.0. The molecule has 0 fully saturated rings. The Morgan fingerprint density at radius 2 is 1.81 bits per heavy atom. The van der Waals surface area contributed by atoms with Gasteiger partial charge < -0.3 is 14.6 Å². The van der Waals surface area contributed by atoms with E-state index in [4.69, 9.17) is 4.42 Å². The minimum atomic E-state index is -1.77. The Hall–Kier alpha value is -3.03. The molecule has 7 nitrogen and oxygen atoms in total. The molecule has 1 aromatic heterocycles. The van der Waals surface area contributed by atoms with Crippen molar-refractivity contribution in [2.75, 3.05) is 4.90 Å². The number of anilines is 1. The van der Waals surface area contributed by atoms with Gasteiger partial charge in [0.05, 0.1) is 11.8 Å². The Labute approximate surface area is 155 Å². The number of amides is 1. The van der Waals surface area contributed by atoms with Crippen molar-refractivity contribution in [3.8, 4) is 11.5 Å². The van der Waals surface area contributed by atoms with E-state index in [1.807, 2.05) is 30.3 Å². The van der Waals surface area contributed by atoms with Gasteiger partial charge in [-0.25, -0.2) is 0 Å². The molecule has 27 heavy (non-hydrogen) atoms. The first-order valence-corrected chi connectivity index (χ1v) is 8.69. The minimum Gasteiger partial charge on any atom is -0.419 e. The summed E-state index contributed by atoms with van der Waals surface area (Å²) in [5, 5.41) is 28.8. The highest BCUT2D eigenvalue weighted by Gasteiger charge is 2.50. The van der Waals surface area contributed by atoms with Gasteiger partial charge in [-0.2, -0.15) is 0 Å². The Kier molecular flexibility index (Phi) is 4.25. The molecular weight excluding hydrogens is 346 g/mol. The average Bonchev–Trinajstić information content (AvgIpc) is 3.21. The standard InChI is InChI=1S/C20H19N3O4/c1-13(24)11-20(26)15-9-5-6-10-16(15)23(19(20)25)12-17-21-22-18(27-17)14-7-3-2-4-8-14/h2-10,13,24,26H,11-12H2,1H3/t13-,20+/m1/s1. The monoisotopic (exact) mass is 365 g/mol. The second-order valence-corrected chi connectivity index (χ2v) is 6.69. The highest BCUT2D eigenvalue weighted by atomic mass is 16.4. The van der Waals surface area contributed by atoms with Crippen LogP contribution in [0.4, 0.5) is 5.69 Å². The van der Waals surface area contributed by atoms with Gasteiger partial charge in [-0.05, 0) is 25.1 Å². The second kappa shape index (κ2) is 6.61. The summed E-state index contributed by atoms with van der Waals surface area (Å²) in [6, 6.07) is 16.3. The fraction of sp³-hybridized carbons (Fsp3) is 0.250. The molecule has 0 saturated heterocycles. The average molecular weight is 365 g/mol. The summed E-state index contributed by atoms with van der Waals surface area (Å²) in [5.74, 6) is 0.118. The summed E-state index contributed by atoms with van der Waals surface area (Å²) in [5.41, 5.74) is 0.0614. The van der Waals surface area contributed by atoms with Crippen molar-refractivity contribution in [1.82, 2.24) is 10.2 Å². The Bertz CT molecular complexity index is 970. The number of carbonyl (C=O) groups is 1. The van der Waals surface area contributed by atoms with Crippen LogP contribution in [0.2, 0.25) is 0 Å². The van der Waals surface area contributed by atoms with Gasteiger partial charge >= 0.3 is 0 Å². The summed E-state index contributed by atoms with van der Waals surface area (Å²) in [7, 11) is 0. The van der Waals surface area contributed by atoms with Gasteiger partial charge in [0.2, 0.25) is 11.8 Å². The van der Waals surface area contributed by atoms with Crippen LogP contribution in [0, 0.1) is 0 Å². The number of para-hydroxylation sites is 1. The van der Waals surface area contributed by atoms with Crippen LogP contribution in [0.5, 0.6) is 0 Å². The quantitative estimate of drug-likeness (QED) is 0.719. The van der Waals surface area contributed by atoms with Crippen molar-refractivity contribution in [2.24, 2.45) is 0 Å². The number of aliphatic hydroxyl groups is 2. The molecule has 2 aromatic carbocycles. The van der Waals surface area contributed by atoms with E-state index in [1.165, 1.54) is 4.90 Å². The number of rotatable bonds is 5. The third kappa shape index (κ3) is 3.01. The second-order valence-electron chi connectivity index (χ2n) is 6.69. The first-order chi connectivity index (χ1) is 13.0. The lowest BCUT2D eigenvalue weighted by atomic mass is 9.90. The van der Waals surface area contributed by atoms with Crippen molar-refractivity contribution in [2.45, 2.75) is 31.6 Å². The molecule has 1 aliphatic rings. The summed E-state index contributed by atoms with van der Waals surface area (Å²) in [6.45, 7) is 1.58. The molecule has 0 unspecified atom stereocenters. The lowest BCUT2D eigenvalue weighted by Crippen LogP contribution is -2.42. The molecule has 0 spiro atoms. The largest absolute Gasteiger partial charge is 0.419 e. The van der Waals surface area contributed by atoms with Crippen molar-refractivity contribution < 1.29 is 19.4 Å². The molecule has 2 N–H and O–H groups in total. The van der Waals surface area contributed by atoms with Crippen LogP contribution in [0.1, 0.15) is 24.8 Å².